The highest BCUT2D eigenvalue weighted by molar-refractivity contribution is 6.05. The van der Waals surface area contributed by atoms with Crippen molar-refractivity contribution >= 4 is 34.1 Å². The average Bonchev–Trinajstić information content (AvgIpc) is 3.06. The largest absolute Gasteiger partial charge is 0.311 e. The molecule has 1 atom stereocenters. The van der Waals surface area contributed by atoms with Gasteiger partial charge in [-0.15, -0.1) is 0 Å². The molecule has 1 aliphatic heterocycles. The summed E-state index contributed by atoms with van der Waals surface area (Å²) in [6.07, 6.45) is 4.99. The van der Waals surface area contributed by atoms with E-state index in [0.717, 1.165) is 10.8 Å². The summed E-state index contributed by atoms with van der Waals surface area (Å²) in [7, 11) is 0. The van der Waals surface area contributed by atoms with E-state index in [-0.39, 0.29) is 30.6 Å². The lowest BCUT2D eigenvalue weighted by molar-refractivity contribution is -0.122. The number of aryl methyl sites for hydroxylation is 1. The van der Waals surface area contributed by atoms with E-state index in [4.69, 9.17) is 0 Å². The summed E-state index contributed by atoms with van der Waals surface area (Å²) in [6, 6.07) is 8.30. The van der Waals surface area contributed by atoms with Crippen molar-refractivity contribution in [2.24, 2.45) is 5.92 Å². The number of rotatable bonds is 3. The third-order valence-electron chi connectivity index (χ3n) is 4.77. The van der Waals surface area contributed by atoms with Crippen molar-refractivity contribution < 1.29 is 14.0 Å². The Balaban J connectivity index is 1.53. The minimum Gasteiger partial charge on any atom is -0.311 e. The number of aromatic nitrogens is 2. The summed E-state index contributed by atoms with van der Waals surface area (Å²) in [4.78, 5) is 34.8. The minimum atomic E-state index is -0.532. The lowest BCUT2D eigenvalue weighted by Crippen LogP contribution is -2.28. The lowest BCUT2D eigenvalue weighted by atomic mass is 10.1. The first-order valence-corrected chi connectivity index (χ1v) is 8.59. The maximum absolute atomic E-state index is 13.8. The number of halogens is 1. The van der Waals surface area contributed by atoms with E-state index in [1.54, 1.807) is 37.6 Å². The standard InChI is InChI=1S/C20H17FN4O2/c1-12-2-3-15(9-17(12)21)25-11-14(8-18(25)26)20(27)24-19-16-10-22-6-4-13(16)5-7-23-19/h2-7,9-10,14H,8,11H2,1H3,(H,23,24,27). The van der Waals surface area contributed by atoms with Gasteiger partial charge >= 0.3 is 0 Å². The number of hydrogen-bond donors (Lipinski definition) is 1. The molecule has 0 radical (unpaired) electrons. The molecule has 1 saturated heterocycles. The smallest absolute Gasteiger partial charge is 0.230 e. The fourth-order valence-electron chi connectivity index (χ4n) is 3.21. The minimum absolute atomic E-state index is 0.0738. The molecule has 4 rings (SSSR count). The fourth-order valence-corrected chi connectivity index (χ4v) is 3.21. The molecule has 7 heteroatoms. The summed E-state index contributed by atoms with van der Waals surface area (Å²) in [5.41, 5.74) is 0.973. The van der Waals surface area contributed by atoms with Gasteiger partial charge in [-0.25, -0.2) is 9.37 Å². The van der Waals surface area contributed by atoms with Crippen molar-refractivity contribution in [1.29, 1.82) is 0 Å². The highest BCUT2D eigenvalue weighted by atomic mass is 19.1. The molecule has 6 nitrogen and oxygen atoms in total. The van der Waals surface area contributed by atoms with E-state index in [0.29, 0.717) is 17.1 Å². The number of pyridine rings is 2. The molecule has 3 aromatic rings. The molecule has 1 unspecified atom stereocenters. The highest BCUT2D eigenvalue weighted by Crippen LogP contribution is 2.28. The summed E-state index contributed by atoms with van der Waals surface area (Å²) >= 11 is 0. The molecule has 0 bridgehead atoms. The van der Waals surface area contributed by atoms with Gasteiger partial charge in [0, 0.05) is 42.6 Å². The molecule has 0 saturated carbocycles. The molecule has 27 heavy (non-hydrogen) atoms. The van der Waals surface area contributed by atoms with Crippen LogP contribution >= 0.6 is 0 Å². The molecule has 3 heterocycles. The van der Waals surface area contributed by atoms with Crippen LogP contribution in [0.25, 0.3) is 10.8 Å². The van der Waals surface area contributed by atoms with Gasteiger partial charge in [-0.3, -0.25) is 14.6 Å². The Bertz CT molecular complexity index is 1050. The Kier molecular flexibility index (Phi) is 4.27. The van der Waals surface area contributed by atoms with Crippen molar-refractivity contribution in [2.45, 2.75) is 13.3 Å². The van der Waals surface area contributed by atoms with Crippen molar-refractivity contribution in [1.82, 2.24) is 9.97 Å². The van der Waals surface area contributed by atoms with Gasteiger partial charge in [0.05, 0.1) is 5.92 Å². The molecule has 2 amide bonds. The number of fused-ring (bicyclic) bond motifs is 1. The first-order chi connectivity index (χ1) is 13.0. The van der Waals surface area contributed by atoms with Gasteiger partial charge in [0.2, 0.25) is 11.8 Å². The molecule has 2 aromatic heterocycles. The normalized spacial score (nSPS) is 16.7. The van der Waals surface area contributed by atoms with Crippen LogP contribution < -0.4 is 10.2 Å². The van der Waals surface area contributed by atoms with Gasteiger partial charge in [-0.2, -0.15) is 0 Å². The van der Waals surface area contributed by atoms with Gasteiger partial charge in [-0.05, 0) is 42.1 Å². The van der Waals surface area contributed by atoms with E-state index in [1.807, 2.05) is 12.1 Å². The van der Waals surface area contributed by atoms with Crippen LogP contribution in [-0.2, 0) is 9.59 Å². The quantitative estimate of drug-likeness (QED) is 0.775. The van der Waals surface area contributed by atoms with Gasteiger partial charge in [0.15, 0.2) is 0 Å². The highest BCUT2D eigenvalue weighted by Gasteiger charge is 2.35. The fraction of sp³-hybridized carbons (Fsp3) is 0.200. The van der Waals surface area contributed by atoms with Crippen LogP contribution in [-0.4, -0.2) is 28.3 Å². The monoisotopic (exact) mass is 364 g/mol. The maximum Gasteiger partial charge on any atom is 0.230 e. The van der Waals surface area contributed by atoms with Crippen molar-refractivity contribution in [3.8, 4) is 0 Å². The van der Waals surface area contributed by atoms with E-state index in [9.17, 15) is 14.0 Å². The van der Waals surface area contributed by atoms with Gasteiger partial charge in [0.25, 0.3) is 0 Å². The molecule has 1 N–H and O–H groups in total. The number of nitrogens with zero attached hydrogens (tertiary/aromatic N) is 3. The zero-order valence-electron chi connectivity index (χ0n) is 14.6. The van der Waals surface area contributed by atoms with E-state index >= 15 is 0 Å². The molecule has 1 aromatic carbocycles. The molecule has 0 spiro atoms. The summed E-state index contributed by atoms with van der Waals surface area (Å²) in [5.74, 6) is -0.984. The molecule has 1 fully saturated rings. The summed E-state index contributed by atoms with van der Waals surface area (Å²) in [5, 5.41) is 4.44. The van der Waals surface area contributed by atoms with Crippen LogP contribution in [0.3, 0.4) is 0 Å². The number of carbonyl (C=O) groups excluding carboxylic acids is 2. The van der Waals surface area contributed by atoms with Crippen LogP contribution in [0.4, 0.5) is 15.9 Å². The predicted molar refractivity (Wildman–Crippen MR) is 99.8 cm³/mol. The van der Waals surface area contributed by atoms with Crippen molar-refractivity contribution in [3.63, 3.8) is 0 Å². The van der Waals surface area contributed by atoms with Crippen molar-refractivity contribution in [3.05, 3.63) is 60.3 Å². The Morgan fingerprint density at radius 3 is 2.89 bits per heavy atom. The van der Waals surface area contributed by atoms with Gasteiger partial charge in [0.1, 0.15) is 11.6 Å². The van der Waals surface area contributed by atoms with Crippen LogP contribution in [0.15, 0.2) is 48.9 Å². The van der Waals surface area contributed by atoms with E-state index in [1.165, 1.54) is 11.0 Å². The Labute approximate surface area is 155 Å². The number of nitrogens with one attached hydrogen (secondary N) is 1. The van der Waals surface area contributed by atoms with Crippen molar-refractivity contribution in [2.75, 3.05) is 16.8 Å². The Hall–Kier alpha value is -3.35. The Morgan fingerprint density at radius 2 is 2.07 bits per heavy atom. The summed E-state index contributed by atoms with van der Waals surface area (Å²) < 4.78 is 13.8. The second kappa shape index (κ2) is 6.75. The second-order valence-corrected chi connectivity index (χ2v) is 6.58. The first-order valence-electron chi connectivity index (χ1n) is 8.59. The number of hydrogen-bond acceptors (Lipinski definition) is 4. The predicted octanol–water partition coefficient (Wildman–Crippen LogP) is 3.07. The third kappa shape index (κ3) is 3.23. The summed E-state index contributed by atoms with van der Waals surface area (Å²) in [6.45, 7) is 1.86. The topological polar surface area (TPSA) is 75.2 Å². The molecule has 0 aliphatic carbocycles. The van der Waals surface area contributed by atoms with Gasteiger partial charge < -0.3 is 10.2 Å². The van der Waals surface area contributed by atoms with Crippen LogP contribution in [0, 0.1) is 18.7 Å². The molecule has 1 aliphatic rings. The van der Waals surface area contributed by atoms with E-state index in [2.05, 4.69) is 15.3 Å². The van der Waals surface area contributed by atoms with Crippen LogP contribution in [0.5, 0.6) is 0 Å². The number of benzene rings is 1. The molecule has 136 valence electrons. The molecular formula is C20H17FN4O2. The van der Waals surface area contributed by atoms with Crippen LogP contribution in [0.2, 0.25) is 0 Å². The van der Waals surface area contributed by atoms with Gasteiger partial charge in [-0.1, -0.05) is 6.07 Å². The Morgan fingerprint density at radius 1 is 1.26 bits per heavy atom. The average molecular weight is 364 g/mol. The zero-order valence-corrected chi connectivity index (χ0v) is 14.6. The maximum atomic E-state index is 13.8. The first kappa shape index (κ1) is 17.1. The third-order valence-corrected chi connectivity index (χ3v) is 4.77. The zero-order chi connectivity index (χ0) is 19.0. The second-order valence-electron chi connectivity index (χ2n) is 6.58. The number of amides is 2. The SMILES string of the molecule is Cc1ccc(N2CC(C(=O)Nc3nccc4ccncc34)CC2=O)cc1F. The van der Waals surface area contributed by atoms with Crippen LogP contribution in [0.1, 0.15) is 12.0 Å². The molecular weight excluding hydrogens is 347 g/mol. The lowest BCUT2D eigenvalue weighted by Gasteiger charge is -2.17. The van der Waals surface area contributed by atoms with E-state index < -0.39 is 5.92 Å². The number of anilines is 2. The number of carbonyl (C=O) groups is 2.